The molecule has 1 aromatic heterocycles. The highest BCUT2D eigenvalue weighted by Crippen LogP contribution is 2.19. The number of rotatable bonds is 5. The third kappa shape index (κ3) is 4.44. The molecule has 5 nitrogen and oxygen atoms in total. The van der Waals surface area contributed by atoms with E-state index in [2.05, 4.69) is 15.3 Å². The van der Waals surface area contributed by atoms with Crippen molar-refractivity contribution in [1.29, 1.82) is 0 Å². The van der Waals surface area contributed by atoms with Gasteiger partial charge in [-0.15, -0.1) is 0 Å². The lowest BCUT2D eigenvalue weighted by molar-refractivity contribution is 0.316. The second-order valence-corrected chi connectivity index (χ2v) is 4.30. The van der Waals surface area contributed by atoms with Crippen molar-refractivity contribution in [2.45, 2.75) is 0 Å². The summed E-state index contributed by atoms with van der Waals surface area (Å²) in [6, 6.07) is 13.1. The van der Waals surface area contributed by atoms with Crippen molar-refractivity contribution in [2.24, 2.45) is 10.7 Å². The Balaban J connectivity index is 1.77. The normalized spacial score (nSPS) is 11.2. The summed E-state index contributed by atoms with van der Waals surface area (Å²) < 4.78 is 5.40. The Kier molecular flexibility index (Phi) is 5.20. The fraction of sp³-hybridized carbons (Fsp3) is 0.143. The SMILES string of the molecule is NC(=NCCOc1ncccc1Cl)Nc1ccccc1. The van der Waals surface area contributed by atoms with Gasteiger partial charge in [0.25, 0.3) is 0 Å². The van der Waals surface area contributed by atoms with Gasteiger partial charge in [0, 0.05) is 11.9 Å². The van der Waals surface area contributed by atoms with Gasteiger partial charge in [-0.05, 0) is 24.3 Å². The van der Waals surface area contributed by atoms with Gasteiger partial charge in [-0.3, -0.25) is 0 Å². The molecular weight excluding hydrogens is 276 g/mol. The minimum absolute atomic E-state index is 0.340. The molecule has 104 valence electrons. The van der Waals surface area contributed by atoms with Crippen molar-refractivity contribution in [3.63, 3.8) is 0 Å². The minimum Gasteiger partial charge on any atom is -0.475 e. The first kappa shape index (κ1) is 14.1. The second kappa shape index (κ2) is 7.35. The van der Waals surface area contributed by atoms with Gasteiger partial charge in [0.05, 0.1) is 6.54 Å². The first-order valence-corrected chi connectivity index (χ1v) is 6.49. The molecule has 0 aliphatic carbocycles. The average Bonchev–Trinajstić information content (AvgIpc) is 2.46. The lowest BCUT2D eigenvalue weighted by Gasteiger charge is -2.06. The molecule has 0 fully saturated rings. The summed E-state index contributed by atoms with van der Waals surface area (Å²) in [5.74, 6) is 0.742. The summed E-state index contributed by atoms with van der Waals surface area (Å²) in [6.07, 6.45) is 1.62. The molecule has 0 bridgehead atoms. The zero-order chi connectivity index (χ0) is 14.2. The minimum atomic E-state index is 0.340. The third-order valence-electron chi connectivity index (χ3n) is 2.38. The van der Waals surface area contributed by atoms with Gasteiger partial charge in [-0.25, -0.2) is 9.98 Å². The summed E-state index contributed by atoms with van der Waals surface area (Å²) in [4.78, 5) is 8.16. The summed E-state index contributed by atoms with van der Waals surface area (Å²) in [5, 5.41) is 3.46. The second-order valence-electron chi connectivity index (χ2n) is 3.90. The maximum absolute atomic E-state index is 5.91. The zero-order valence-electron chi connectivity index (χ0n) is 10.8. The number of anilines is 1. The number of nitrogens with two attached hydrogens (primary N) is 1. The number of aliphatic imine (C=N–C) groups is 1. The van der Waals surface area contributed by atoms with Crippen LogP contribution in [0.5, 0.6) is 5.88 Å². The molecule has 2 rings (SSSR count). The number of aromatic nitrogens is 1. The largest absolute Gasteiger partial charge is 0.475 e. The molecule has 0 saturated heterocycles. The highest BCUT2D eigenvalue weighted by Gasteiger charge is 2.00. The fourth-order valence-electron chi connectivity index (χ4n) is 1.49. The third-order valence-corrected chi connectivity index (χ3v) is 2.67. The van der Waals surface area contributed by atoms with Crippen molar-refractivity contribution in [2.75, 3.05) is 18.5 Å². The smallest absolute Gasteiger partial charge is 0.232 e. The topological polar surface area (TPSA) is 72.5 Å². The van der Waals surface area contributed by atoms with E-state index in [-0.39, 0.29) is 0 Å². The van der Waals surface area contributed by atoms with E-state index in [1.807, 2.05) is 30.3 Å². The molecule has 0 radical (unpaired) electrons. The molecule has 6 heteroatoms. The lowest BCUT2D eigenvalue weighted by Crippen LogP contribution is -2.23. The molecule has 0 atom stereocenters. The van der Waals surface area contributed by atoms with Gasteiger partial charge in [0.2, 0.25) is 5.88 Å². The van der Waals surface area contributed by atoms with Crippen LogP contribution in [0.3, 0.4) is 0 Å². The number of ether oxygens (including phenoxy) is 1. The van der Waals surface area contributed by atoms with Crippen molar-refractivity contribution in [1.82, 2.24) is 4.98 Å². The molecular formula is C14H15ClN4O. The van der Waals surface area contributed by atoms with Crippen LogP contribution in [0.1, 0.15) is 0 Å². The fourth-order valence-corrected chi connectivity index (χ4v) is 1.67. The van der Waals surface area contributed by atoms with E-state index in [0.29, 0.717) is 30.0 Å². The molecule has 0 amide bonds. The molecule has 3 N–H and O–H groups in total. The standard InChI is InChI=1S/C14H15ClN4O/c15-12-7-4-8-17-13(12)20-10-9-18-14(16)19-11-5-2-1-3-6-11/h1-8H,9-10H2,(H3,16,18,19). The number of nitrogens with one attached hydrogen (secondary N) is 1. The van der Waals surface area contributed by atoms with Crippen molar-refractivity contribution in [3.8, 4) is 5.88 Å². The molecule has 0 unspecified atom stereocenters. The quantitative estimate of drug-likeness (QED) is 0.504. The van der Waals surface area contributed by atoms with Gasteiger partial charge in [0.15, 0.2) is 5.96 Å². The number of halogens is 1. The Bertz CT molecular complexity index is 574. The highest BCUT2D eigenvalue weighted by molar-refractivity contribution is 6.31. The summed E-state index contributed by atoms with van der Waals surface area (Å²) in [6.45, 7) is 0.770. The number of pyridine rings is 1. The van der Waals surface area contributed by atoms with E-state index in [4.69, 9.17) is 22.1 Å². The monoisotopic (exact) mass is 290 g/mol. The number of benzene rings is 1. The van der Waals surface area contributed by atoms with Crippen LogP contribution in [-0.2, 0) is 0 Å². The maximum Gasteiger partial charge on any atom is 0.232 e. The van der Waals surface area contributed by atoms with Crippen molar-refractivity contribution < 1.29 is 4.74 Å². The predicted molar refractivity (Wildman–Crippen MR) is 81.3 cm³/mol. The summed E-state index contributed by atoms with van der Waals surface area (Å²) in [5.41, 5.74) is 6.65. The van der Waals surface area contributed by atoms with E-state index in [1.54, 1.807) is 18.3 Å². The number of para-hydroxylation sites is 1. The number of nitrogens with zero attached hydrogens (tertiary/aromatic N) is 2. The van der Waals surface area contributed by atoms with Crippen LogP contribution in [0.2, 0.25) is 5.02 Å². The first-order valence-electron chi connectivity index (χ1n) is 6.11. The lowest BCUT2D eigenvalue weighted by atomic mass is 10.3. The Morgan fingerprint density at radius 2 is 2.05 bits per heavy atom. The summed E-state index contributed by atoms with van der Waals surface area (Å²) in [7, 11) is 0. The van der Waals surface area contributed by atoms with Crippen LogP contribution in [0.25, 0.3) is 0 Å². The summed E-state index contributed by atoms with van der Waals surface area (Å²) >= 11 is 5.91. The van der Waals surface area contributed by atoms with Crippen LogP contribution in [0.4, 0.5) is 5.69 Å². The van der Waals surface area contributed by atoms with Gasteiger partial charge < -0.3 is 15.8 Å². The van der Waals surface area contributed by atoms with Crippen LogP contribution in [0.15, 0.2) is 53.7 Å². The van der Waals surface area contributed by atoms with Gasteiger partial charge in [-0.1, -0.05) is 29.8 Å². The van der Waals surface area contributed by atoms with E-state index >= 15 is 0 Å². The first-order chi connectivity index (χ1) is 9.75. The predicted octanol–water partition coefficient (Wildman–Crippen LogP) is 2.54. The van der Waals surface area contributed by atoms with E-state index < -0.39 is 0 Å². The number of guanidine groups is 1. The molecule has 1 aromatic carbocycles. The van der Waals surface area contributed by atoms with Crippen LogP contribution in [0, 0.1) is 0 Å². The Hall–Kier alpha value is -2.27. The Labute approximate surface area is 122 Å². The van der Waals surface area contributed by atoms with Gasteiger partial charge >= 0.3 is 0 Å². The molecule has 0 spiro atoms. The maximum atomic E-state index is 5.91. The van der Waals surface area contributed by atoms with Crippen molar-refractivity contribution in [3.05, 3.63) is 53.7 Å². The highest BCUT2D eigenvalue weighted by atomic mass is 35.5. The van der Waals surface area contributed by atoms with Gasteiger partial charge in [-0.2, -0.15) is 0 Å². The zero-order valence-corrected chi connectivity index (χ0v) is 11.5. The molecule has 0 aliphatic heterocycles. The molecule has 2 aromatic rings. The Morgan fingerprint density at radius 3 is 2.80 bits per heavy atom. The molecule has 20 heavy (non-hydrogen) atoms. The molecule has 0 saturated carbocycles. The Morgan fingerprint density at radius 1 is 1.25 bits per heavy atom. The average molecular weight is 291 g/mol. The van der Waals surface area contributed by atoms with E-state index in [9.17, 15) is 0 Å². The van der Waals surface area contributed by atoms with Gasteiger partial charge in [0.1, 0.15) is 11.6 Å². The van der Waals surface area contributed by atoms with E-state index in [0.717, 1.165) is 5.69 Å². The van der Waals surface area contributed by atoms with Crippen LogP contribution >= 0.6 is 11.6 Å². The van der Waals surface area contributed by atoms with Crippen molar-refractivity contribution >= 4 is 23.2 Å². The molecule has 0 aliphatic rings. The van der Waals surface area contributed by atoms with E-state index in [1.165, 1.54) is 0 Å². The number of hydrogen-bond acceptors (Lipinski definition) is 3. The van der Waals surface area contributed by atoms with Crippen LogP contribution in [-0.4, -0.2) is 24.1 Å². The number of hydrogen-bond donors (Lipinski definition) is 2. The van der Waals surface area contributed by atoms with Crippen LogP contribution < -0.4 is 15.8 Å². The molecule has 1 heterocycles.